The number of hydrogen-bond acceptors (Lipinski definition) is 4. The second kappa shape index (κ2) is 8.11. The molecular weight excluding hydrogens is 240 g/mol. The fourth-order valence-electron chi connectivity index (χ4n) is 1.89. The van der Waals surface area contributed by atoms with Crippen molar-refractivity contribution in [3.05, 3.63) is 29.8 Å². The second-order valence-electron chi connectivity index (χ2n) is 4.49. The maximum absolute atomic E-state index is 11.1. The van der Waals surface area contributed by atoms with Crippen LogP contribution >= 0.6 is 0 Å². The summed E-state index contributed by atoms with van der Waals surface area (Å²) in [4.78, 5) is 13.0. The Bertz CT molecular complexity index is 453. The van der Waals surface area contributed by atoms with E-state index in [0.29, 0.717) is 18.7 Å². The molecule has 1 amide bonds. The van der Waals surface area contributed by atoms with Crippen LogP contribution in [-0.2, 0) is 11.3 Å². The first kappa shape index (κ1) is 15.0. The highest BCUT2D eigenvalue weighted by molar-refractivity contribution is 5.75. The largest absolute Gasteiger partial charge is 0.398 e. The van der Waals surface area contributed by atoms with Crippen LogP contribution < -0.4 is 11.5 Å². The Kier molecular flexibility index (Phi) is 6.41. The van der Waals surface area contributed by atoms with Crippen LogP contribution in [0, 0.1) is 11.3 Å². The third kappa shape index (κ3) is 5.89. The molecule has 0 fully saturated rings. The molecule has 0 aromatic heterocycles. The minimum Gasteiger partial charge on any atom is -0.398 e. The standard InChI is InChI=1S/C14H20N4O/c15-8-4-1-5-9-18(11-14(17)19)10-12-6-2-3-7-13(12)16/h2-3,6-7H,1,4-5,9-11,16H2,(H2,17,19). The van der Waals surface area contributed by atoms with Gasteiger partial charge in [-0.25, -0.2) is 0 Å². The second-order valence-corrected chi connectivity index (χ2v) is 4.49. The number of amides is 1. The summed E-state index contributed by atoms with van der Waals surface area (Å²) in [7, 11) is 0. The van der Waals surface area contributed by atoms with E-state index in [0.717, 1.165) is 24.9 Å². The van der Waals surface area contributed by atoms with Gasteiger partial charge in [-0.2, -0.15) is 5.26 Å². The Morgan fingerprint density at radius 3 is 2.68 bits per heavy atom. The van der Waals surface area contributed by atoms with Gasteiger partial charge in [0.1, 0.15) is 0 Å². The van der Waals surface area contributed by atoms with E-state index in [1.54, 1.807) is 0 Å². The van der Waals surface area contributed by atoms with Gasteiger partial charge in [0.25, 0.3) is 0 Å². The van der Waals surface area contributed by atoms with Crippen LogP contribution in [-0.4, -0.2) is 23.9 Å². The van der Waals surface area contributed by atoms with Gasteiger partial charge in [0.15, 0.2) is 0 Å². The number of nitrogens with zero attached hydrogens (tertiary/aromatic N) is 2. The molecule has 5 heteroatoms. The molecule has 0 aliphatic carbocycles. The van der Waals surface area contributed by atoms with Gasteiger partial charge < -0.3 is 11.5 Å². The van der Waals surface area contributed by atoms with E-state index in [1.807, 2.05) is 29.2 Å². The molecule has 0 aliphatic rings. The molecule has 4 N–H and O–H groups in total. The lowest BCUT2D eigenvalue weighted by molar-refractivity contribution is -0.119. The van der Waals surface area contributed by atoms with Gasteiger partial charge in [0, 0.05) is 18.7 Å². The van der Waals surface area contributed by atoms with Gasteiger partial charge in [-0.3, -0.25) is 9.69 Å². The van der Waals surface area contributed by atoms with E-state index < -0.39 is 0 Å². The average Bonchev–Trinajstić information content (AvgIpc) is 2.36. The Morgan fingerprint density at radius 1 is 1.32 bits per heavy atom. The monoisotopic (exact) mass is 260 g/mol. The molecule has 0 saturated carbocycles. The summed E-state index contributed by atoms with van der Waals surface area (Å²) in [5.41, 5.74) is 12.8. The molecule has 0 aliphatic heterocycles. The summed E-state index contributed by atoms with van der Waals surface area (Å²) < 4.78 is 0. The number of primary amides is 1. The Balaban J connectivity index is 2.56. The summed E-state index contributed by atoms with van der Waals surface area (Å²) in [6, 6.07) is 9.69. The molecule has 1 rings (SSSR count). The van der Waals surface area contributed by atoms with E-state index in [2.05, 4.69) is 6.07 Å². The lowest BCUT2D eigenvalue weighted by Gasteiger charge is -2.21. The van der Waals surface area contributed by atoms with Crippen molar-refractivity contribution in [2.45, 2.75) is 25.8 Å². The third-order valence-electron chi connectivity index (χ3n) is 2.84. The molecular formula is C14H20N4O. The molecule has 0 heterocycles. The minimum absolute atomic E-state index is 0.209. The van der Waals surface area contributed by atoms with Crippen LogP contribution in [0.3, 0.4) is 0 Å². The molecule has 0 atom stereocenters. The number of carbonyl (C=O) groups is 1. The predicted molar refractivity (Wildman–Crippen MR) is 74.8 cm³/mol. The van der Waals surface area contributed by atoms with Crippen LogP contribution in [0.5, 0.6) is 0 Å². The highest BCUT2D eigenvalue weighted by Gasteiger charge is 2.10. The summed E-state index contributed by atoms with van der Waals surface area (Å²) >= 11 is 0. The molecule has 0 spiro atoms. The topological polar surface area (TPSA) is 96.1 Å². The smallest absolute Gasteiger partial charge is 0.231 e. The quantitative estimate of drug-likeness (QED) is 0.543. The predicted octanol–water partition coefficient (Wildman–Crippen LogP) is 1.25. The SMILES string of the molecule is N#CCCCCN(CC(N)=O)Cc1ccccc1N. The van der Waals surface area contributed by atoms with Crippen LogP contribution in [0.25, 0.3) is 0 Å². The fourth-order valence-corrected chi connectivity index (χ4v) is 1.89. The van der Waals surface area contributed by atoms with Crippen LogP contribution in [0.1, 0.15) is 24.8 Å². The van der Waals surface area contributed by atoms with Gasteiger partial charge >= 0.3 is 0 Å². The van der Waals surface area contributed by atoms with E-state index >= 15 is 0 Å². The first-order chi connectivity index (χ1) is 9.13. The summed E-state index contributed by atoms with van der Waals surface area (Å²) in [5, 5.41) is 8.49. The van der Waals surface area contributed by atoms with Gasteiger partial charge in [-0.15, -0.1) is 0 Å². The number of para-hydroxylation sites is 1. The van der Waals surface area contributed by atoms with Crippen molar-refractivity contribution in [2.75, 3.05) is 18.8 Å². The van der Waals surface area contributed by atoms with Crippen molar-refractivity contribution >= 4 is 11.6 Å². The lowest BCUT2D eigenvalue weighted by Crippen LogP contribution is -2.34. The molecule has 1 aromatic carbocycles. The third-order valence-corrected chi connectivity index (χ3v) is 2.84. The molecule has 0 bridgehead atoms. The number of nitriles is 1. The molecule has 0 radical (unpaired) electrons. The van der Waals surface area contributed by atoms with Crippen molar-refractivity contribution in [3.8, 4) is 6.07 Å². The van der Waals surface area contributed by atoms with Crippen molar-refractivity contribution < 1.29 is 4.79 Å². The number of anilines is 1. The molecule has 0 unspecified atom stereocenters. The molecule has 1 aromatic rings. The Hall–Kier alpha value is -2.06. The average molecular weight is 260 g/mol. The van der Waals surface area contributed by atoms with Crippen molar-refractivity contribution in [3.63, 3.8) is 0 Å². The number of carbonyl (C=O) groups excluding carboxylic acids is 1. The zero-order valence-electron chi connectivity index (χ0n) is 11.0. The maximum atomic E-state index is 11.1. The van der Waals surface area contributed by atoms with Crippen molar-refractivity contribution in [1.29, 1.82) is 5.26 Å². The minimum atomic E-state index is -0.352. The van der Waals surface area contributed by atoms with Gasteiger partial charge in [-0.1, -0.05) is 18.2 Å². The van der Waals surface area contributed by atoms with E-state index in [-0.39, 0.29) is 12.5 Å². The summed E-state index contributed by atoms with van der Waals surface area (Å²) in [6.07, 6.45) is 2.24. The first-order valence-corrected chi connectivity index (χ1v) is 6.34. The highest BCUT2D eigenvalue weighted by atomic mass is 16.1. The zero-order chi connectivity index (χ0) is 14.1. The zero-order valence-corrected chi connectivity index (χ0v) is 11.0. The number of benzene rings is 1. The van der Waals surface area contributed by atoms with Gasteiger partial charge in [0.05, 0.1) is 12.6 Å². The number of nitrogen functional groups attached to an aromatic ring is 1. The Morgan fingerprint density at radius 2 is 2.05 bits per heavy atom. The molecule has 102 valence electrons. The summed E-state index contributed by atoms with van der Waals surface area (Å²) in [5.74, 6) is -0.352. The lowest BCUT2D eigenvalue weighted by atomic mass is 10.1. The fraction of sp³-hybridized carbons (Fsp3) is 0.429. The highest BCUT2D eigenvalue weighted by Crippen LogP contribution is 2.13. The number of rotatable bonds is 8. The first-order valence-electron chi connectivity index (χ1n) is 6.34. The van der Waals surface area contributed by atoms with Crippen molar-refractivity contribution in [2.24, 2.45) is 5.73 Å². The van der Waals surface area contributed by atoms with Gasteiger partial charge in [-0.05, 0) is 31.0 Å². The summed E-state index contributed by atoms with van der Waals surface area (Å²) in [6.45, 7) is 1.54. The number of unbranched alkanes of at least 4 members (excludes halogenated alkanes) is 2. The van der Waals surface area contributed by atoms with E-state index in [4.69, 9.17) is 16.7 Å². The number of hydrogen-bond donors (Lipinski definition) is 2. The molecule has 19 heavy (non-hydrogen) atoms. The van der Waals surface area contributed by atoms with E-state index in [1.165, 1.54) is 0 Å². The number of nitrogens with two attached hydrogens (primary N) is 2. The van der Waals surface area contributed by atoms with Crippen molar-refractivity contribution in [1.82, 2.24) is 4.90 Å². The van der Waals surface area contributed by atoms with E-state index in [9.17, 15) is 4.79 Å². The molecule has 5 nitrogen and oxygen atoms in total. The maximum Gasteiger partial charge on any atom is 0.231 e. The normalized spacial score (nSPS) is 10.3. The van der Waals surface area contributed by atoms with Crippen LogP contribution in [0.15, 0.2) is 24.3 Å². The van der Waals surface area contributed by atoms with Crippen LogP contribution in [0.2, 0.25) is 0 Å². The van der Waals surface area contributed by atoms with Crippen LogP contribution in [0.4, 0.5) is 5.69 Å². The molecule has 0 saturated heterocycles. The Labute approximate surface area is 113 Å². The van der Waals surface area contributed by atoms with Gasteiger partial charge in [0.2, 0.25) is 5.91 Å².